The van der Waals surface area contributed by atoms with Crippen LogP contribution in [0.5, 0.6) is 5.75 Å². The highest BCUT2D eigenvalue weighted by molar-refractivity contribution is 6.04. The average Bonchev–Trinajstić information content (AvgIpc) is 3.23. The van der Waals surface area contributed by atoms with Crippen LogP contribution in [0.1, 0.15) is 11.1 Å². The fraction of sp³-hybridized carbons (Fsp3) is 0.107. The molecular weight excluding hydrogens is 452 g/mol. The topological polar surface area (TPSA) is 87.2 Å². The Balaban J connectivity index is 1.53. The second-order valence-electron chi connectivity index (χ2n) is 8.39. The van der Waals surface area contributed by atoms with Crippen LogP contribution in [-0.2, 0) is 13.0 Å². The van der Waals surface area contributed by atoms with Crippen LogP contribution < -0.4 is 10.3 Å². The first-order chi connectivity index (χ1) is 17.7. The predicted octanol–water partition coefficient (Wildman–Crippen LogP) is 4.43. The number of hydrogen-bond donors (Lipinski definition) is 0. The van der Waals surface area contributed by atoms with Crippen molar-refractivity contribution >= 4 is 39.4 Å². The fourth-order valence-corrected chi connectivity index (χ4v) is 4.26. The number of methoxy groups -OCH3 is 1. The summed E-state index contributed by atoms with van der Waals surface area (Å²) in [6.07, 6.45) is 3.99. The van der Waals surface area contributed by atoms with Crippen LogP contribution in [0.25, 0.3) is 33.2 Å². The monoisotopic (exact) mass is 474 g/mol. The Kier molecular flexibility index (Phi) is 5.46. The molecule has 36 heavy (non-hydrogen) atoms. The molecule has 3 aromatic heterocycles. The molecule has 0 radical (unpaired) electrons. The molecule has 0 aliphatic carbocycles. The van der Waals surface area contributed by atoms with Crippen LogP contribution in [0.15, 0.2) is 95.1 Å². The van der Waals surface area contributed by atoms with E-state index in [1.54, 1.807) is 28.9 Å². The van der Waals surface area contributed by atoms with Crippen LogP contribution in [0.4, 0.5) is 0 Å². The van der Waals surface area contributed by atoms with E-state index in [1.807, 2.05) is 78.9 Å². The number of rotatable bonds is 6. The summed E-state index contributed by atoms with van der Waals surface area (Å²) >= 11 is 0. The normalized spacial score (nSPS) is 11.7. The first-order valence-electron chi connectivity index (χ1n) is 11.6. The van der Waals surface area contributed by atoms with Crippen LogP contribution in [0, 0.1) is 0 Å². The molecule has 3 heterocycles. The van der Waals surface area contributed by atoms with E-state index < -0.39 is 0 Å². The Bertz CT molecular complexity index is 1800. The molecule has 0 bridgehead atoms. The lowest BCUT2D eigenvalue weighted by molar-refractivity contribution is 0.415. The van der Waals surface area contributed by atoms with E-state index in [0.717, 1.165) is 28.8 Å². The third-order valence-corrected chi connectivity index (χ3v) is 6.11. The zero-order valence-corrected chi connectivity index (χ0v) is 19.6. The van der Waals surface area contributed by atoms with Crippen LogP contribution in [-0.4, -0.2) is 37.5 Å². The number of hydrogen-bond acceptors (Lipinski definition) is 6. The molecule has 0 atom stereocenters. The van der Waals surface area contributed by atoms with E-state index in [0.29, 0.717) is 34.3 Å². The number of ether oxygens (including phenoxy) is 1. The molecule has 0 amide bonds. The van der Waals surface area contributed by atoms with E-state index in [1.165, 1.54) is 0 Å². The Hall–Kier alpha value is -4.85. The van der Waals surface area contributed by atoms with Gasteiger partial charge in [-0.1, -0.05) is 54.6 Å². The van der Waals surface area contributed by atoms with Gasteiger partial charge < -0.3 is 4.74 Å². The largest absolute Gasteiger partial charge is 0.497 e. The molecule has 8 nitrogen and oxygen atoms in total. The summed E-state index contributed by atoms with van der Waals surface area (Å²) in [6, 6.07) is 25.2. The molecule has 0 fully saturated rings. The van der Waals surface area contributed by atoms with Gasteiger partial charge in [0.2, 0.25) is 0 Å². The summed E-state index contributed by atoms with van der Waals surface area (Å²) in [7, 11) is 1.62. The standard InChI is InChI=1S/C28H22N6O2/c1-36-21-11-7-10-20(16-21)17-30-34-26-24(25-27(34)32-23-13-6-5-12-22(23)31-25)28(35)33(18-29-26)15-14-19-8-3-2-4-9-19/h2-13,16-18H,14-15H2,1H3. The Labute approximate surface area is 206 Å². The van der Waals surface area contributed by atoms with Crippen LogP contribution >= 0.6 is 0 Å². The minimum Gasteiger partial charge on any atom is -0.497 e. The van der Waals surface area contributed by atoms with Gasteiger partial charge in [0.1, 0.15) is 16.7 Å². The first kappa shape index (κ1) is 21.7. The van der Waals surface area contributed by atoms with Crippen molar-refractivity contribution in [3.05, 3.63) is 107 Å². The second kappa shape index (κ2) is 9.07. The van der Waals surface area contributed by atoms with Crippen molar-refractivity contribution in [1.29, 1.82) is 0 Å². The lowest BCUT2D eigenvalue weighted by atomic mass is 10.1. The van der Waals surface area contributed by atoms with E-state index >= 15 is 0 Å². The lowest BCUT2D eigenvalue weighted by Gasteiger charge is -2.06. The Morgan fingerprint density at radius 3 is 2.50 bits per heavy atom. The van der Waals surface area contributed by atoms with Gasteiger partial charge in [0.05, 0.1) is 30.7 Å². The zero-order valence-electron chi connectivity index (χ0n) is 19.6. The Morgan fingerprint density at radius 1 is 0.917 bits per heavy atom. The number of aromatic nitrogens is 5. The maximum absolute atomic E-state index is 13.6. The molecule has 0 spiro atoms. The van der Waals surface area contributed by atoms with Crippen molar-refractivity contribution in [2.45, 2.75) is 13.0 Å². The highest BCUT2D eigenvalue weighted by Crippen LogP contribution is 2.25. The minimum absolute atomic E-state index is 0.166. The van der Waals surface area contributed by atoms with Gasteiger partial charge in [0.25, 0.3) is 5.56 Å². The smallest absolute Gasteiger partial charge is 0.265 e. The lowest BCUT2D eigenvalue weighted by Crippen LogP contribution is -2.21. The number of benzene rings is 3. The van der Waals surface area contributed by atoms with Gasteiger partial charge in [-0.2, -0.15) is 9.78 Å². The van der Waals surface area contributed by atoms with Crippen LogP contribution in [0.2, 0.25) is 0 Å². The molecule has 0 aliphatic heterocycles. The van der Waals surface area contributed by atoms with Crippen molar-refractivity contribution in [2.24, 2.45) is 5.10 Å². The molecule has 8 heteroatoms. The molecule has 6 rings (SSSR count). The van der Waals surface area contributed by atoms with Crippen molar-refractivity contribution in [3.8, 4) is 5.75 Å². The highest BCUT2D eigenvalue weighted by atomic mass is 16.5. The fourth-order valence-electron chi connectivity index (χ4n) is 4.26. The summed E-state index contributed by atoms with van der Waals surface area (Å²) in [6.45, 7) is 0.506. The van der Waals surface area contributed by atoms with Gasteiger partial charge in [0.15, 0.2) is 11.3 Å². The molecule has 0 unspecified atom stereocenters. The van der Waals surface area contributed by atoms with Gasteiger partial charge in [-0.15, -0.1) is 0 Å². The van der Waals surface area contributed by atoms with E-state index in [4.69, 9.17) is 14.7 Å². The molecule has 0 saturated carbocycles. The minimum atomic E-state index is -0.166. The SMILES string of the molecule is COc1cccc(C=Nn2c3nc4ccccc4nc3c3c(=O)n(CCc4ccccc4)cnc32)c1. The predicted molar refractivity (Wildman–Crippen MR) is 141 cm³/mol. The Morgan fingerprint density at radius 2 is 1.69 bits per heavy atom. The third-order valence-electron chi connectivity index (χ3n) is 6.11. The maximum Gasteiger partial charge on any atom is 0.265 e. The third kappa shape index (κ3) is 3.88. The van der Waals surface area contributed by atoms with Crippen molar-refractivity contribution in [3.63, 3.8) is 0 Å². The van der Waals surface area contributed by atoms with Gasteiger partial charge >= 0.3 is 0 Å². The zero-order chi connectivity index (χ0) is 24.5. The van der Waals surface area contributed by atoms with Crippen molar-refractivity contribution in [1.82, 2.24) is 24.2 Å². The molecular formula is C28H22N6O2. The number of para-hydroxylation sites is 2. The van der Waals surface area contributed by atoms with Crippen molar-refractivity contribution < 1.29 is 4.74 Å². The first-order valence-corrected chi connectivity index (χ1v) is 11.6. The van der Waals surface area contributed by atoms with Gasteiger partial charge in [0, 0.05) is 6.54 Å². The summed E-state index contributed by atoms with van der Waals surface area (Å²) < 4.78 is 8.53. The molecule has 0 aliphatic rings. The number of nitrogens with zero attached hydrogens (tertiary/aromatic N) is 6. The molecule has 6 aromatic rings. The summed E-state index contributed by atoms with van der Waals surface area (Å²) in [4.78, 5) is 27.9. The number of fused-ring (bicyclic) bond motifs is 4. The van der Waals surface area contributed by atoms with Gasteiger partial charge in [-0.3, -0.25) is 9.36 Å². The van der Waals surface area contributed by atoms with E-state index in [9.17, 15) is 4.79 Å². The van der Waals surface area contributed by atoms with E-state index in [-0.39, 0.29) is 5.56 Å². The summed E-state index contributed by atoms with van der Waals surface area (Å²) in [5, 5.41) is 5.07. The summed E-state index contributed by atoms with van der Waals surface area (Å²) in [5.41, 5.74) is 4.64. The number of aryl methyl sites for hydroxylation is 2. The van der Waals surface area contributed by atoms with Crippen molar-refractivity contribution in [2.75, 3.05) is 7.11 Å². The van der Waals surface area contributed by atoms with Gasteiger partial charge in [-0.05, 0) is 41.8 Å². The molecule has 0 saturated heterocycles. The molecule has 176 valence electrons. The molecule has 0 N–H and O–H groups in total. The van der Waals surface area contributed by atoms with E-state index in [2.05, 4.69) is 10.1 Å². The maximum atomic E-state index is 13.6. The molecule has 3 aromatic carbocycles. The summed E-state index contributed by atoms with van der Waals surface area (Å²) in [5.74, 6) is 0.728. The van der Waals surface area contributed by atoms with Crippen LogP contribution in [0.3, 0.4) is 0 Å². The second-order valence-corrected chi connectivity index (χ2v) is 8.39. The van der Waals surface area contributed by atoms with Gasteiger partial charge in [-0.25, -0.2) is 15.0 Å². The average molecular weight is 475 g/mol. The highest BCUT2D eigenvalue weighted by Gasteiger charge is 2.19. The quantitative estimate of drug-likeness (QED) is 0.333.